The molecule has 0 aliphatic rings. The third kappa shape index (κ3) is 2.61. The van der Waals surface area contributed by atoms with E-state index in [-0.39, 0.29) is 0 Å². The van der Waals surface area contributed by atoms with Crippen molar-refractivity contribution in [2.75, 3.05) is 5.32 Å². The molecule has 0 spiro atoms. The number of hydrogen-bond donors (Lipinski definition) is 1. The molecule has 6 nitrogen and oxygen atoms in total. The Morgan fingerprint density at radius 1 is 1.24 bits per heavy atom. The largest absolute Gasteiger partial charge is 0.378 e. The highest BCUT2D eigenvalue weighted by molar-refractivity contribution is 5.78. The average Bonchev–Trinajstić information content (AvgIpc) is 3.10. The molecule has 3 aromatic rings. The lowest BCUT2D eigenvalue weighted by molar-refractivity contribution is 0.546. The van der Waals surface area contributed by atoms with Crippen LogP contribution in [0.5, 0.6) is 0 Å². The van der Waals surface area contributed by atoms with E-state index in [2.05, 4.69) is 51.8 Å². The van der Waals surface area contributed by atoms with E-state index < -0.39 is 0 Å². The Morgan fingerprint density at radius 2 is 2.10 bits per heavy atom. The fraction of sp³-hybridized carbons (Fsp3) is 0.400. The van der Waals surface area contributed by atoms with E-state index in [0.29, 0.717) is 6.04 Å². The minimum Gasteiger partial charge on any atom is -0.378 e. The third-order valence-corrected chi connectivity index (χ3v) is 3.54. The molecular formula is C15H20N6. The maximum atomic E-state index is 4.52. The van der Waals surface area contributed by atoms with Crippen molar-refractivity contribution in [1.82, 2.24) is 24.3 Å². The van der Waals surface area contributed by atoms with Crippen molar-refractivity contribution in [3.8, 4) is 0 Å². The summed E-state index contributed by atoms with van der Waals surface area (Å²) in [6, 6.07) is 2.40. The van der Waals surface area contributed by atoms with Crippen LogP contribution in [-0.4, -0.2) is 24.3 Å². The highest BCUT2D eigenvalue weighted by Crippen LogP contribution is 2.19. The maximum absolute atomic E-state index is 4.52. The zero-order valence-electron chi connectivity index (χ0n) is 12.6. The first-order chi connectivity index (χ1) is 10.2. The first kappa shape index (κ1) is 13.6. The minimum atomic E-state index is 0.313. The number of imidazole rings is 1. The third-order valence-electron chi connectivity index (χ3n) is 3.54. The Balaban J connectivity index is 1.79. The molecule has 110 valence electrons. The molecule has 0 bridgehead atoms. The molecule has 0 aliphatic carbocycles. The molecule has 0 atom stereocenters. The van der Waals surface area contributed by atoms with Crippen molar-refractivity contribution < 1.29 is 0 Å². The van der Waals surface area contributed by atoms with Crippen molar-refractivity contribution in [3.05, 3.63) is 36.7 Å². The number of rotatable bonds is 5. The van der Waals surface area contributed by atoms with E-state index in [0.717, 1.165) is 35.5 Å². The van der Waals surface area contributed by atoms with Crippen LogP contribution in [0.2, 0.25) is 0 Å². The molecule has 0 fully saturated rings. The summed E-state index contributed by atoms with van der Waals surface area (Å²) in [4.78, 5) is 8.69. The number of hydrogen-bond acceptors (Lipinski definition) is 4. The second-order valence-corrected chi connectivity index (χ2v) is 5.34. The Kier molecular flexibility index (Phi) is 3.60. The van der Waals surface area contributed by atoms with Gasteiger partial charge >= 0.3 is 0 Å². The molecule has 0 aliphatic heterocycles. The molecule has 0 saturated carbocycles. The van der Waals surface area contributed by atoms with Gasteiger partial charge in [0.1, 0.15) is 0 Å². The van der Waals surface area contributed by atoms with Crippen LogP contribution in [0.3, 0.4) is 0 Å². The van der Waals surface area contributed by atoms with E-state index in [1.165, 1.54) is 0 Å². The zero-order chi connectivity index (χ0) is 14.8. The number of aryl methyl sites for hydroxylation is 1. The van der Waals surface area contributed by atoms with E-state index in [1.54, 1.807) is 0 Å². The number of nitrogens with zero attached hydrogens (tertiary/aromatic N) is 5. The lowest BCUT2D eigenvalue weighted by atomic mass is 10.3. The van der Waals surface area contributed by atoms with Crippen molar-refractivity contribution in [2.45, 2.75) is 39.9 Å². The maximum Gasteiger partial charge on any atom is 0.158 e. The first-order valence-electron chi connectivity index (χ1n) is 7.25. The lowest BCUT2D eigenvalue weighted by Crippen LogP contribution is -2.06. The number of aromatic nitrogens is 5. The van der Waals surface area contributed by atoms with E-state index in [1.807, 2.05) is 29.6 Å². The molecular weight excluding hydrogens is 264 g/mol. The summed E-state index contributed by atoms with van der Waals surface area (Å²) in [6.07, 6.45) is 7.46. The molecule has 0 unspecified atom stereocenters. The van der Waals surface area contributed by atoms with Gasteiger partial charge in [-0.15, -0.1) is 0 Å². The standard InChI is InChI=1S/C15H20N6/c1-4-20-10-16-8-14(20)9-17-13-5-12-6-19-21(11(2)3)15(12)18-7-13/h5-8,10-11,17H,4,9H2,1-3H3. The Hall–Kier alpha value is -2.37. The van der Waals surface area contributed by atoms with Gasteiger partial charge < -0.3 is 9.88 Å². The van der Waals surface area contributed by atoms with Crippen LogP contribution in [0.25, 0.3) is 11.0 Å². The highest BCUT2D eigenvalue weighted by atomic mass is 15.3. The van der Waals surface area contributed by atoms with Gasteiger partial charge in [0.25, 0.3) is 0 Å². The number of anilines is 1. The quantitative estimate of drug-likeness (QED) is 0.782. The van der Waals surface area contributed by atoms with Gasteiger partial charge in [-0.05, 0) is 26.8 Å². The van der Waals surface area contributed by atoms with Gasteiger partial charge in [0, 0.05) is 24.2 Å². The molecule has 0 saturated heterocycles. The van der Waals surface area contributed by atoms with Crippen molar-refractivity contribution >= 4 is 16.7 Å². The highest BCUT2D eigenvalue weighted by Gasteiger charge is 2.08. The smallest absolute Gasteiger partial charge is 0.158 e. The van der Waals surface area contributed by atoms with Gasteiger partial charge in [-0.2, -0.15) is 5.10 Å². The van der Waals surface area contributed by atoms with Crippen LogP contribution in [0, 0.1) is 0 Å². The average molecular weight is 284 g/mol. The molecule has 0 radical (unpaired) electrons. The van der Waals surface area contributed by atoms with Crippen molar-refractivity contribution in [1.29, 1.82) is 0 Å². The number of nitrogens with one attached hydrogen (secondary N) is 1. The van der Waals surface area contributed by atoms with Gasteiger partial charge in [-0.25, -0.2) is 14.6 Å². The van der Waals surface area contributed by atoms with Gasteiger partial charge in [0.15, 0.2) is 5.65 Å². The van der Waals surface area contributed by atoms with Crippen LogP contribution < -0.4 is 5.32 Å². The molecule has 0 aromatic carbocycles. The van der Waals surface area contributed by atoms with E-state index in [4.69, 9.17) is 0 Å². The lowest BCUT2D eigenvalue weighted by Gasteiger charge is -2.09. The van der Waals surface area contributed by atoms with Gasteiger partial charge in [-0.1, -0.05) is 0 Å². The monoisotopic (exact) mass is 284 g/mol. The van der Waals surface area contributed by atoms with Crippen molar-refractivity contribution in [3.63, 3.8) is 0 Å². The summed E-state index contributed by atoms with van der Waals surface area (Å²) >= 11 is 0. The van der Waals surface area contributed by atoms with Crippen LogP contribution in [0.15, 0.2) is 31.0 Å². The second-order valence-electron chi connectivity index (χ2n) is 5.34. The summed E-state index contributed by atoms with van der Waals surface area (Å²) < 4.78 is 4.06. The Labute approximate surface area is 123 Å². The summed E-state index contributed by atoms with van der Waals surface area (Å²) in [7, 11) is 0. The van der Waals surface area contributed by atoms with E-state index >= 15 is 0 Å². The number of fused-ring (bicyclic) bond motifs is 1. The summed E-state index contributed by atoms with van der Waals surface area (Å²) in [5.41, 5.74) is 3.08. The Morgan fingerprint density at radius 3 is 2.86 bits per heavy atom. The van der Waals surface area contributed by atoms with Crippen LogP contribution in [-0.2, 0) is 13.1 Å². The van der Waals surface area contributed by atoms with Gasteiger partial charge in [-0.3, -0.25) is 0 Å². The van der Waals surface area contributed by atoms with Crippen molar-refractivity contribution in [2.24, 2.45) is 0 Å². The normalized spacial score (nSPS) is 11.4. The van der Waals surface area contributed by atoms with Gasteiger partial charge in [0.2, 0.25) is 0 Å². The molecule has 3 rings (SSSR count). The molecule has 0 amide bonds. The van der Waals surface area contributed by atoms with Crippen LogP contribution in [0.1, 0.15) is 32.5 Å². The predicted molar refractivity (Wildman–Crippen MR) is 83.1 cm³/mol. The minimum absolute atomic E-state index is 0.313. The summed E-state index contributed by atoms with van der Waals surface area (Å²) in [5, 5.41) is 8.83. The van der Waals surface area contributed by atoms with E-state index in [9.17, 15) is 0 Å². The topological polar surface area (TPSA) is 60.6 Å². The molecule has 21 heavy (non-hydrogen) atoms. The molecule has 3 aromatic heterocycles. The molecule has 1 N–H and O–H groups in total. The second kappa shape index (κ2) is 5.55. The number of pyridine rings is 1. The Bertz CT molecular complexity index is 740. The fourth-order valence-corrected chi connectivity index (χ4v) is 2.39. The fourth-order valence-electron chi connectivity index (χ4n) is 2.39. The summed E-state index contributed by atoms with van der Waals surface area (Å²) in [5.74, 6) is 0. The zero-order valence-corrected chi connectivity index (χ0v) is 12.6. The van der Waals surface area contributed by atoms with Crippen LogP contribution >= 0.6 is 0 Å². The molecule has 3 heterocycles. The predicted octanol–water partition coefficient (Wildman–Crippen LogP) is 2.84. The molecule has 6 heteroatoms. The van der Waals surface area contributed by atoms with Crippen LogP contribution in [0.4, 0.5) is 5.69 Å². The van der Waals surface area contributed by atoms with Gasteiger partial charge in [0.05, 0.1) is 36.6 Å². The first-order valence-corrected chi connectivity index (χ1v) is 7.25. The summed E-state index contributed by atoms with van der Waals surface area (Å²) in [6.45, 7) is 7.98. The SMILES string of the molecule is CCn1cncc1CNc1cnc2c(cnn2C(C)C)c1.